The highest BCUT2D eigenvalue weighted by Crippen LogP contribution is 2.41. The standard InChI is InChI=1S/C23H17FN2O4/c1-11-8-15-17(9-12(11)2)29-22-19(21(15)27)20(14-6-4-5-7-16(14)24)26(23(22)28)18-10-13(3)30-25-18/h4-10,20H,1-3H3. The fourth-order valence-corrected chi connectivity index (χ4v) is 3.92. The van der Waals surface area contributed by atoms with Crippen molar-refractivity contribution in [2.24, 2.45) is 0 Å². The lowest BCUT2D eigenvalue weighted by atomic mass is 9.97. The molecule has 0 bridgehead atoms. The Kier molecular flexibility index (Phi) is 3.89. The molecule has 1 atom stereocenters. The summed E-state index contributed by atoms with van der Waals surface area (Å²) in [5, 5.41) is 4.28. The molecule has 1 unspecified atom stereocenters. The zero-order valence-corrected chi connectivity index (χ0v) is 16.5. The van der Waals surface area contributed by atoms with Crippen molar-refractivity contribution >= 4 is 22.7 Å². The summed E-state index contributed by atoms with van der Waals surface area (Å²) in [7, 11) is 0. The Labute approximate surface area is 170 Å². The number of anilines is 1. The minimum absolute atomic E-state index is 0.0986. The fraction of sp³-hybridized carbons (Fsp3) is 0.174. The minimum atomic E-state index is -1.01. The largest absolute Gasteiger partial charge is 0.450 e. The summed E-state index contributed by atoms with van der Waals surface area (Å²) in [4.78, 5) is 28.1. The lowest BCUT2D eigenvalue weighted by Gasteiger charge is -2.22. The molecule has 2 aromatic carbocycles. The van der Waals surface area contributed by atoms with Crippen molar-refractivity contribution in [3.8, 4) is 0 Å². The Morgan fingerprint density at radius 3 is 2.47 bits per heavy atom. The number of hydrogen-bond donors (Lipinski definition) is 0. The molecule has 0 aliphatic carbocycles. The normalized spacial score (nSPS) is 15.8. The van der Waals surface area contributed by atoms with Gasteiger partial charge in [0, 0.05) is 11.6 Å². The maximum absolute atomic E-state index is 14.8. The predicted octanol–water partition coefficient (Wildman–Crippen LogP) is 4.60. The van der Waals surface area contributed by atoms with Gasteiger partial charge in [0.25, 0.3) is 5.91 Å². The molecule has 7 heteroatoms. The van der Waals surface area contributed by atoms with Crippen LogP contribution in [-0.4, -0.2) is 11.1 Å². The highest BCUT2D eigenvalue weighted by atomic mass is 19.1. The molecule has 30 heavy (non-hydrogen) atoms. The number of rotatable bonds is 2. The molecule has 0 saturated heterocycles. The number of carbonyl (C=O) groups excluding carboxylic acids is 1. The average molecular weight is 404 g/mol. The van der Waals surface area contributed by atoms with E-state index in [9.17, 15) is 14.0 Å². The van der Waals surface area contributed by atoms with Crippen molar-refractivity contribution in [3.05, 3.63) is 92.3 Å². The number of aryl methyl sites for hydroxylation is 3. The molecule has 0 spiro atoms. The highest BCUT2D eigenvalue weighted by Gasteiger charge is 2.45. The van der Waals surface area contributed by atoms with Crippen molar-refractivity contribution in [1.29, 1.82) is 0 Å². The molecule has 1 amide bonds. The SMILES string of the molecule is Cc1cc(N2C(=O)c3oc4cc(C)c(C)cc4c(=O)c3C2c2ccccc2F)no1. The second-order valence-corrected chi connectivity index (χ2v) is 7.50. The molecule has 150 valence electrons. The number of hydrogen-bond acceptors (Lipinski definition) is 5. The first kappa shape index (κ1) is 18.3. The first-order chi connectivity index (χ1) is 14.4. The van der Waals surface area contributed by atoms with Crippen molar-refractivity contribution < 1.29 is 18.1 Å². The van der Waals surface area contributed by atoms with Gasteiger partial charge < -0.3 is 8.94 Å². The van der Waals surface area contributed by atoms with Crippen LogP contribution in [0.2, 0.25) is 0 Å². The van der Waals surface area contributed by atoms with E-state index in [2.05, 4.69) is 5.16 Å². The van der Waals surface area contributed by atoms with Crippen LogP contribution < -0.4 is 10.3 Å². The zero-order chi connectivity index (χ0) is 21.2. The minimum Gasteiger partial charge on any atom is -0.450 e. The van der Waals surface area contributed by atoms with E-state index in [0.29, 0.717) is 16.7 Å². The molecule has 0 N–H and O–H groups in total. The summed E-state index contributed by atoms with van der Waals surface area (Å²) in [6, 6.07) is 10.1. The maximum atomic E-state index is 14.8. The number of amides is 1. The highest BCUT2D eigenvalue weighted by molar-refractivity contribution is 6.10. The van der Waals surface area contributed by atoms with Gasteiger partial charge in [-0.3, -0.25) is 14.5 Å². The van der Waals surface area contributed by atoms with E-state index >= 15 is 0 Å². The summed E-state index contributed by atoms with van der Waals surface area (Å²) < 4.78 is 25.8. The third-order valence-corrected chi connectivity index (χ3v) is 5.55. The summed E-state index contributed by atoms with van der Waals surface area (Å²) in [5.41, 5.74) is 2.10. The number of aromatic nitrogens is 1. The van der Waals surface area contributed by atoms with E-state index in [1.807, 2.05) is 13.8 Å². The van der Waals surface area contributed by atoms with Crippen molar-refractivity contribution in [1.82, 2.24) is 5.16 Å². The summed E-state index contributed by atoms with van der Waals surface area (Å²) in [5.74, 6) is -0.536. The van der Waals surface area contributed by atoms with Gasteiger partial charge in [0.05, 0.1) is 17.0 Å². The average Bonchev–Trinajstić information content (AvgIpc) is 3.25. The first-order valence-corrected chi connectivity index (χ1v) is 9.46. The molecule has 1 aliphatic heterocycles. The second-order valence-electron chi connectivity index (χ2n) is 7.50. The van der Waals surface area contributed by atoms with E-state index in [4.69, 9.17) is 8.94 Å². The molecule has 0 saturated carbocycles. The Morgan fingerprint density at radius 1 is 1.03 bits per heavy atom. The van der Waals surface area contributed by atoms with Crippen molar-refractivity contribution in [2.75, 3.05) is 4.90 Å². The fourth-order valence-electron chi connectivity index (χ4n) is 3.92. The van der Waals surface area contributed by atoms with Gasteiger partial charge in [-0.2, -0.15) is 0 Å². The van der Waals surface area contributed by atoms with Gasteiger partial charge in [-0.1, -0.05) is 23.4 Å². The number of benzene rings is 2. The number of carbonyl (C=O) groups is 1. The smallest absolute Gasteiger partial charge is 0.296 e. The summed E-state index contributed by atoms with van der Waals surface area (Å²) in [6.45, 7) is 5.48. The number of halogens is 1. The topological polar surface area (TPSA) is 76.6 Å². The molecule has 2 aromatic heterocycles. The van der Waals surface area contributed by atoms with Crippen LogP contribution in [0.4, 0.5) is 10.2 Å². The molecule has 5 rings (SSSR count). The van der Waals surface area contributed by atoms with Crippen LogP contribution in [0, 0.1) is 26.6 Å². The lowest BCUT2D eigenvalue weighted by Crippen LogP contribution is -2.30. The van der Waals surface area contributed by atoms with Crippen molar-refractivity contribution in [2.45, 2.75) is 26.8 Å². The van der Waals surface area contributed by atoms with E-state index in [1.165, 1.54) is 11.0 Å². The Balaban J connectivity index is 1.86. The van der Waals surface area contributed by atoms with E-state index < -0.39 is 17.8 Å². The quantitative estimate of drug-likeness (QED) is 0.488. The lowest BCUT2D eigenvalue weighted by molar-refractivity contribution is 0.0969. The molecule has 1 aliphatic rings. The zero-order valence-electron chi connectivity index (χ0n) is 16.5. The van der Waals surface area contributed by atoms with E-state index in [0.717, 1.165) is 11.1 Å². The first-order valence-electron chi connectivity index (χ1n) is 9.46. The molecular formula is C23H17FN2O4. The molecule has 4 aromatic rings. The van der Waals surface area contributed by atoms with Crippen LogP contribution in [0.1, 0.15) is 44.6 Å². The molecule has 6 nitrogen and oxygen atoms in total. The van der Waals surface area contributed by atoms with Gasteiger partial charge in [-0.25, -0.2) is 4.39 Å². The van der Waals surface area contributed by atoms with E-state index in [1.54, 1.807) is 43.3 Å². The summed E-state index contributed by atoms with van der Waals surface area (Å²) >= 11 is 0. The van der Waals surface area contributed by atoms with Gasteiger partial charge >= 0.3 is 0 Å². The third-order valence-electron chi connectivity index (χ3n) is 5.55. The maximum Gasteiger partial charge on any atom is 0.296 e. The van der Waals surface area contributed by atoms with Crippen molar-refractivity contribution in [3.63, 3.8) is 0 Å². The van der Waals surface area contributed by atoms with Crippen LogP contribution in [0.3, 0.4) is 0 Å². The molecule has 0 radical (unpaired) electrons. The van der Waals surface area contributed by atoms with Gasteiger partial charge in [0.2, 0.25) is 5.76 Å². The van der Waals surface area contributed by atoms with Crippen LogP contribution in [0.25, 0.3) is 11.0 Å². The van der Waals surface area contributed by atoms with Gasteiger partial charge in [0.1, 0.15) is 17.2 Å². The molecule has 3 heterocycles. The van der Waals surface area contributed by atoms with Gasteiger partial charge in [0.15, 0.2) is 11.2 Å². The van der Waals surface area contributed by atoms with Gasteiger partial charge in [-0.05, 0) is 50.1 Å². The summed E-state index contributed by atoms with van der Waals surface area (Å²) in [6.07, 6.45) is 0. The third kappa shape index (κ3) is 2.51. The van der Waals surface area contributed by atoms with Gasteiger partial charge in [-0.15, -0.1) is 0 Å². The molecular weight excluding hydrogens is 387 g/mol. The Bertz CT molecular complexity index is 1400. The second kappa shape index (κ2) is 6.38. The number of fused-ring (bicyclic) bond motifs is 2. The monoisotopic (exact) mass is 404 g/mol. The molecule has 0 fully saturated rings. The number of nitrogens with zero attached hydrogens (tertiary/aromatic N) is 2. The Morgan fingerprint density at radius 2 is 1.77 bits per heavy atom. The Hall–Kier alpha value is -3.74. The van der Waals surface area contributed by atoms with Crippen LogP contribution in [0.15, 0.2) is 56.2 Å². The van der Waals surface area contributed by atoms with Crippen LogP contribution in [0.5, 0.6) is 0 Å². The van der Waals surface area contributed by atoms with E-state index in [-0.39, 0.29) is 28.1 Å². The van der Waals surface area contributed by atoms with Crippen LogP contribution >= 0.6 is 0 Å². The van der Waals surface area contributed by atoms with Crippen LogP contribution in [-0.2, 0) is 0 Å². The predicted molar refractivity (Wildman–Crippen MR) is 108 cm³/mol.